The number of aryl methyl sites for hydroxylation is 1. The van der Waals surface area contributed by atoms with E-state index in [2.05, 4.69) is 28.9 Å². The van der Waals surface area contributed by atoms with Crippen LogP contribution in [0, 0.1) is 12.8 Å². The average Bonchev–Trinajstić information content (AvgIpc) is 3.48. The van der Waals surface area contributed by atoms with Crippen LogP contribution >= 0.6 is 0 Å². The molecule has 0 amide bonds. The minimum Gasteiger partial charge on any atom is -0.337 e. The highest BCUT2D eigenvalue weighted by atomic mass is 16.1. The summed E-state index contributed by atoms with van der Waals surface area (Å²) >= 11 is 0. The summed E-state index contributed by atoms with van der Waals surface area (Å²) in [5.41, 5.74) is 7.58. The highest BCUT2D eigenvalue weighted by molar-refractivity contribution is 5.94. The van der Waals surface area contributed by atoms with E-state index in [1.807, 2.05) is 29.0 Å². The fraction of sp³-hybridized carbons (Fsp3) is 0.423. The largest absolute Gasteiger partial charge is 0.337 e. The number of pyridine rings is 2. The lowest BCUT2D eigenvalue weighted by Gasteiger charge is -2.23. The van der Waals surface area contributed by atoms with Gasteiger partial charge in [-0.2, -0.15) is 5.10 Å². The summed E-state index contributed by atoms with van der Waals surface area (Å²) < 4.78 is 4.37. The van der Waals surface area contributed by atoms with E-state index in [1.165, 1.54) is 35.1 Å². The molecule has 0 atom stereocenters. The maximum absolute atomic E-state index is 11.9. The average molecular weight is 428 g/mol. The topological polar surface area (TPSA) is 64.2 Å². The van der Waals surface area contributed by atoms with Gasteiger partial charge in [-0.25, -0.2) is 4.52 Å². The summed E-state index contributed by atoms with van der Waals surface area (Å²) in [7, 11) is 0. The Kier molecular flexibility index (Phi) is 4.65. The van der Waals surface area contributed by atoms with Crippen molar-refractivity contribution in [1.29, 1.82) is 0 Å². The molecule has 0 radical (unpaired) electrons. The van der Waals surface area contributed by atoms with Gasteiger partial charge in [0.15, 0.2) is 5.78 Å². The second kappa shape index (κ2) is 7.55. The molecule has 164 valence electrons. The summed E-state index contributed by atoms with van der Waals surface area (Å²) in [6.07, 6.45) is 8.70. The number of ketones is 1. The van der Waals surface area contributed by atoms with Crippen molar-refractivity contribution >= 4 is 22.2 Å². The molecule has 4 aromatic rings. The first kappa shape index (κ1) is 19.7. The minimum atomic E-state index is 0.0575. The Balaban J connectivity index is 1.56. The molecule has 0 spiro atoms. The van der Waals surface area contributed by atoms with E-state index in [0.29, 0.717) is 11.5 Å². The molecule has 6 heteroatoms. The molecule has 0 aromatic carbocycles. The van der Waals surface area contributed by atoms with Crippen LogP contribution in [0.15, 0.2) is 36.7 Å². The highest BCUT2D eigenvalue weighted by Gasteiger charge is 2.28. The van der Waals surface area contributed by atoms with Crippen molar-refractivity contribution < 1.29 is 4.79 Å². The molecular formula is C26H29N5O. The number of carbonyl (C=O) groups is 1. The van der Waals surface area contributed by atoms with Crippen LogP contribution in [-0.4, -0.2) is 38.0 Å². The van der Waals surface area contributed by atoms with E-state index < -0.39 is 0 Å². The Morgan fingerprint density at radius 3 is 2.72 bits per heavy atom. The number of hydrogen-bond donors (Lipinski definition) is 1. The number of rotatable bonds is 5. The van der Waals surface area contributed by atoms with Crippen LogP contribution in [-0.2, 0) is 6.54 Å². The van der Waals surface area contributed by atoms with E-state index in [0.717, 1.165) is 55.2 Å². The van der Waals surface area contributed by atoms with Crippen LogP contribution in [0.4, 0.5) is 0 Å². The molecule has 1 saturated carbocycles. The number of piperidine rings is 1. The fourth-order valence-electron chi connectivity index (χ4n) is 5.21. The second-order valence-corrected chi connectivity index (χ2v) is 9.52. The van der Waals surface area contributed by atoms with E-state index in [1.54, 1.807) is 6.92 Å². The molecule has 32 heavy (non-hydrogen) atoms. The number of Topliss-reactive ketones (excluding diaryl/α,β-unsaturated/α-hetero) is 1. The maximum atomic E-state index is 11.9. The SMILES string of the molecule is CC(=O)c1ccc2c(C)c(-c3cc4ccnc(C5CCNCC5)c4n3CC3CC3)nn2c1. The van der Waals surface area contributed by atoms with Gasteiger partial charge >= 0.3 is 0 Å². The highest BCUT2D eigenvalue weighted by Crippen LogP contribution is 2.39. The van der Waals surface area contributed by atoms with Crippen molar-refractivity contribution in [3.05, 3.63) is 53.5 Å². The van der Waals surface area contributed by atoms with E-state index in [4.69, 9.17) is 10.1 Å². The van der Waals surface area contributed by atoms with Gasteiger partial charge in [-0.05, 0) is 82.8 Å². The maximum Gasteiger partial charge on any atom is 0.161 e. The lowest BCUT2D eigenvalue weighted by atomic mass is 9.93. The standard InChI is InChI=1S/C26H29N5O/c1-16-22-6-5-21(17(2)32)15-31(22)29-24(16)23-13-20-9-12-28-25(19-7-10-27-11-8-19)26(20)30(23)14-18-3-4-18/h5-6,9,12-13,15,18-19,27H,3-4,7-8,10-11,14H2,1-2H3. The lowest BCUT2D eigenvalue weighted by molar-refractivity contribution is 0.101. The molecule has 2 aliphatic rings. The van der Waals surface area contributed by atoms with Crippen molar-refractivity contribution in [2.45, 2.75) is 52.0 Å². The molecule has 1 N–H and O–H groups in total. The third-order valence-electron chi connectivity index (χ3n) is 7.23. The summed E-state index contributed by atoms with van der Waals surface area (Å²) in [4.78, 5) is 16.8. The Hall–Kier alpha value is -2.99. The Bertz CT molecular complexity index is 1340. The molecule has 0 unspecified atom stereocenters. The molecule has 4 aromatic heterocycles. The second-order valence-electron chi connectivity index (χ2n) is 9.52. The zero-order valence-corrected chi connectivity index (χ0v) is 18.8. The lowest BCUT2D eigenvalue weighted by Crippen LogP contribution is -2.27. The van der Waals surface area contributed by atoms with Crippen LogP contribution < -0.4 is 5.32 Å². The molecule has 1 aliphatic heterocycles. The van der Waals surface area contributed by atoms with Gasteiger partial charge in [0.05, 0.1) is 22.4 Å². The first-order chi connectivity index (χ1) is 15.6. The smallest absolute Gasteiger partial charge is 0.161 e. The number of hydrogen-bond acceptors (Lipinski definition) is 4. The predicted octanol–water partition coefficient (Wildman–Crippen LogP) is 4.74. The first-order valence-corrected chi connectivity index (χ1v) is 11.8. The molecule has 1 aliphatic carbocycles. The minimum absolute atomic E-state index is 0.0575. The fourth-order valence-corrected chi connectivity index (χ4v) is 5.21. The summed E-state index contributed by atoms with van der Waals surface area (Å²) in [6, 6.07) is 8.35. The van der Waals surface area contributed by atoms with Gasteiger partial charge in [0, 0.05) is 41.4 Å². The van der Waals surface area contributed by atoms with Crippen molar-refractivity contribution in [3.8, 4) is 11.4 Å². The van der Waals surface area contributed by atoms with Crippen molar-refractivity contribution in [2.75, 3.05) is 13.1 Å². The van der Waals surface area contributed by atoms with Gasteiger partial charge < -0.3 is 9.88 Å². The normalized spacial score (nSPS) is 17.4. The zero-order chi connectivity index (χ0) is 21.8. The van der Waals surface area contributed by atoms with Gasteiger partial charge in [-0.3, -0.25) is 9.78 Å². The predicted molar refractivity (Wildman–Crippen MR) is 126 cm³/mol. The molecule has 6 rings (SSSR count). The van der Waals surface area contributed by atoms with Crippen LogP contribution in [0.2, 0.25) is 0 Å². The third-order valence-corrected chi connectivity index (χ3v) is 7.23. The Morgan fingerprint density at radius 2 is 1.97 bits per heavy atom. The van der Waals surface area contributed by atoms with Crippen molar-refractivity contribution in [3.63, 3.8) is 0 Å². The number of carbonyl (C=O) groups excluding carboxylic acids is 1. The summed E-state index contributed by atoms with van der Waals surface area (Å²) in [5, 5.41) is 9.70. The quantitative estimate of drug-likeness (QED) is 0.467. The van der Waals surface area contributed by atoms with Gasteiger partial charge in [0.25, 0.3) is 0 Å². The van der Waals surface area contributed by atoms with Gasteiger partial charge in [0.1, 0.15) is 5.69 Å². The van der Waals surface area contributed by atoms with Gasteiger partial charge in [-0.15, -0.1) is 0 Å². The molecule has 1 saturated heterocycles. The number of nitrogens with zero attached hydrogens (tertiary/aromatic N) is 4. The van der Waals surface area contributed by atoms with Crippen molar-refractivity contribution in [2.24, 2.45) is 5.92 Å². The van der Waals surface area contributed by atoms with E-state index >= 15 is 0 Å². The summed E-state index contributed by atoms with van der Waals surface area (Å²) in [5.74, 6) is 1.30. The van der Waals surface area contributed by atoms with E-state index in [-0.39, 0.29) is 5.78 Å². The molecule has 5 heterocycles. The first-order valence-electron chi connectivity index (χ1n) is 11.8. The third kappa shape index (κ3) is 3.25. The van der Waals surface area contributed by atoms with Crippen LogP contribution in [0.25, 0.3) is 27.8 Å². The molecule has 0 bridgehead atoms. The molecule has 6 nitrogen and oxygen atoms in total. The number of aromatic nitrogens is 4. The zero-order valence-electron chi connectivity index (χ0n) is 18.8. The Labute approximate surface area is 187 Å². The number of fused-ring (bicyclic) bond motifs is 2. The van der Waals surface area contributed by atoms with Crippen molar-refractivity contribution in [1.82, 2.24) is 24.5 Å². The Morgan fingerprint density at radius 1 is 1.16 bits per heavy atom. The number of nitrogens with one attached hydrogen (secondary N) is 1. The van der Waals surface area contributed by atoms with Gasteiger partial charge in [0.2, 0.25) is 0 Å². The monoisotopic (exact) mass is 427 g/mol. The van der Waals surface area contributed by atoms with E-state index in [9.17, 15) is 4.79 Å². The molecule has 2 fully saturated rings. The molecular weight excluding hydrogens is 398 g/mol. The van der Waals surface area contributed by atoms with Crippen LogP contribution in [0.1, 0.15) is 60.1 Å². The summed E-state index contributed by atoms with van der Waals surface area (Å²) in [6.45, 7) is 6.87. The van der Waals surface area contributed by atoms with Crippen LogP contribution in [0.5, 0.6) is 0 Å². The van der Waals surface area contributed by atoms with Crippen LogP contribution in [0.3, 0.4) is 0 Å². The van der Waals surface area contributed by atoms with Gasteiger partial charge in [-0.1, -0.05) is 0 Å².